The minimum atomic E-state index is 0.761. The number of hydrogen-bond donors (Lipinski definition) is 1. The van der Waals surface area contributed by atoms with Crippen LogP contribution in [-0.2, 0) is 6.54 Å². The van der Waals surface area contributed by atoms with Gasteiger partial charge in [-0.25, -0.2) is 9.97 Å². The molecule has 0 bridgehead atoms. The fraction of sp³-hybridized carbons (Fsp3) is 0.400. The summed E-state index contributed by atoms with van der Waals surface area (Å²) < 4.78 is 0. The van der Waals surface area contributed by atoms with E-state index in [4.69, 9.17) is 0 Å². The number of aryl methyl sites for hydroxylation is 3. The maximum Gasteiger partial charge on any atom is 0.183 e. The van der Waals surface area contributed by atoms with Gasteiger partial charge in [0.15, 0.2) is 5.13 Å². The summed E-state index contributed by atoms with van der Waals surface area (Å²) in [6.45, 7) is 6.90. The van der Waals surface area contributed by atoms with Crippen molar-refractivity contribution in [2.75, 3.05) is 5.32 Å². The summed E-state index contributed by atoms with van der Waals surface area (Å²) in [5.41, 5.74) is 2.19. The van der Waals surface area contributed by atoms with Crippen LogP contribution >= 0.6 is 22.7 Å². The Morgan fingerprint density at radius 2 is 2.07 bits per heavy atom. The number of hydrogen-bond acceptors (Lipinski definition) is 5. The van der Waals surface area contributed by atoms with Crippen molar-refractivity contribution in [3.8, 4) is 0 Å². The standard InChI is InChI=1S/C10H13N3S2/c1-6-7(2)15-10(12-6)11-4-9-5-14-8(3)13-9/h5H,4H2,1-3H3,(H,11,12). The lowest BCUT2D eigenvalue weighted by molar-refractivity contribution is 1.04. The van der Waals surface area contributed by atoms with E-state index in [1.807, 2.05) is 13.8 Å². The molecule has 0 unspecified atom stereocenters. The van der Waals surface area contributed by atoms with Gasteiger partial charge in [0.1, 0.15) is 0 Å². The molecule has 15 heavy (non-hydrogen) atoms. The lowest BCUT2D eigenvalue weighted by Crippen LogP contribution is -1.99. The van der Waals surface area contributed by atoms with Crippen molar-refractivity contribution in [3.05, 3.63) is 26.7 Å². The summed E-state index contributed by atoms with van der Waals surface area (Å²) in [5.74, 6) is 0. The minimum Gasteiger partial charge on any atom is -0.356 e. The van der Waals surface area contributed by atoms with Crippen LogP contribution in [0.4, 0.5) is 5.13 Å². The molecule has 0 saturated heterocycles. The van der Waals surface area contributed by atoms with Gasteiger partial charge in [-0.15, -0.1) is 22.7 Å². The van der Waals surface area contributed by atoms with E-state index >= 15 is 0 Å². The highest BCUT2D eigenvalue weighted by molar-refractivity contribution is 7.15. The third-order valence-electron chi connectivity index (χ3n) is 2.12. The van der Waals surface area contributed by atoms with Gasteiger partial charge >= 0.3 is 0 Å². The molecule has 1 N–H and O–H groups in total. The van der Waals surface area contributed by atoms with E-state index in [0.29, 0.717) is 0 Å². The zero-order valence-electron chi connectivity index (χ0n) is 9.00. The van der Waals surface area contributed by atoms with Crippen LogP contribution in [0.25, 0.3) is 0 Å². The average Bonchev–Trinajstić information content (AvgIpc) is 2.72. The lowest BCUT2D eigenvalue weighted by atomic mass is 10.4. The first-order valence-corrected chi connectivity index (χ1v) is 6.43. The predicted molar refractivity (Wildman–Crippen MR) is 65.8 cm³/mol. The molecule has 0 spiro atoms. The maximum atomic E-state index is 4.42. The summed E-state index contributed by atoms with van der Waals surface area (Å²) in [5, 5.41) is 7.46. The molecule has 0 atom stereocenters. The van der Waals surface area contributed by atoms with Crippen LogP contribution in [0.15, 0.2) is 5.38 Å². The Balaban J connectivity index is 1.99. The van der Waals surface area contributed by atoms with Crippen LogP contribution in [0.5, 0.6) is 0 Å². The smallest absolute Gasteiger partial charge is 0.183 e. The molecule has 0 saturated carbocycles. The largest absolute Gasteiger partial charge is 0.356 e. The summed E-state index contributed by atoms with van der Waals surface area (Å²) in [7, 11) is 0. The first-order chi connectivity index (χ1) is 7.15. The van der Waals surface area contributed by atoms with Gasteiger partial charge < -0.3 is 5.32 Å². The average molecular weight is 239 g/mol. The highest BCUT2D eigenvalue weighted by atomic mass is 32.1. The van der Waals surface area contributed by atoms with Crippen LogP contribution in [0.3, 0.4) is 0 Å². The Kier molecular flexibility index (Phi) is 3.02. The molecular weight excluding hydrogens is 226 g/mol. The number of thiazole rings is 2. The SMILES string of the molecule is Cc1nc(CNc2nc(C)c(C)s2)cs1. The van der Waals surface area contributed by atoms with Crippen molar-refractivity contribution in [1.29, 1.82) is 0 Å². The van der Waals surface area contributed by atoms with Gasteiger partial charge in [-0.2, -0.15) is 0 Å². The van der Waals surface area contributed by atoms with Gasteiger partial charge in [0.25, 0.3) is 0 Å². The van der Waals surface area contributed by atoms with Crippen LogP contribution in [-0.4, -0.2) is 9.97 Å². The summed E-state index contributed by atoms with van der Waals surface area (Å²) in [4.78, 5) is 10.1. The van der Waals surface area contributed by atoms with Gasteiger partial charge in [0, 0.05) is 10.3 Å². The fourth-order valence-electron chi connectivity index (χ4n) is 1.20. The molecule has 0 aliphatic rings. The van der Waals surface area contributed by atoms with Crippen molar-refractivity contribution in [2.45, 2.75) is 27.3 Å². The predicted octanol–water partition coefficient (Wildman–Crippen LogP) is 3.14. The van der Waals surface area contributed by atoms with E-state index in [2.05, 4.69) is 27.6 Å². The minimum absolute atomic E-state index is 0.761. The molecule has 5 heteroatoms. The number of aromatic nitrogens is 2. The second kappa shape index (κ2) is 4.28. The van der Waals surface area contributed by atoms with Crippen LogP contribution in [0.2, 0.25) is 0 Å². The van der Waals surface area contributed by atoms with Gasteiger partial charge in [-0.05, 0) is 20.8 Å². The molecular formula is C10H13N3S2. The molecule has 3 nitrogen and oxygen atoms in total. The van der Waals surface area contributed by atoms with E-state index in [0.717, 1.165) is 28.1 Å². The number of nitrogens with one attached hydrogen (secondary N) is 1. The summed E-state index contributed by atoms with van der Waals surface area (Å²) in [6.07, 6.45) is 0. The Morgan fingerprint density at radius 1 is 1.27 bits per heavy atom. The maximum absolute atomic E-state index is 4.42. The van der Waals surface area contributed by atoms with Crippen LogP contribution in [0.1, 0.15) is 21.3 Å². The van der Waals surface area contributed by atoms with Crippen molar-refractivity contribution in [2.24, 2.45) is 0 Å². The third kappa shape index (κ3) is 2.54. The first-order valence-electron chi connectivity index (χ1n) is 4.74. The Hall–Kier alpha value is -0.940. The molecule has 2 heterocycles. The van der Waals surface area contributed by atoms with E-state index < -0.39 is 0 Å². The number of anilines is 1. The van der Waals surface area contributed by atoms with E-state index in [1.54, 1.807) is 22.7 Å². The molecule has 2 rings (SSSR count). The van der Waals surface area contributed by atoms with Gasteiger partial charge in [-0.1, -0.05) is 0 Å². The second-order valence-electron chi connectivity index (χ2n) is 3.37. The molecule has 0 amide bonds. The molecule has 0 aromatic carbocycles. The molecule has 0 aliphatic carbocycles. The topological polar surface area (TPSA) is 37.8 Å². The van der Waals surface area contributed by atoms with Gasteiger partial charge in [0.05, 0.1) is 22.9 Å². The summed E-state index contributed by atoms with van der Waals surface area (Å²) in [6, 6.07) is 0. The lowest BCUT2D eigenvalue weighted by Gasteiger charge is -1.97. The van der Waals surface area contributed by atoms with Crippen molar-refractivity contribution in [1.82, 2.24) is 9.97 Å². The van der Waals surface area contributed by atoms with Crippen molar-refractivity contribution >= 4 is 27.8 Å². The Morgan fingerprint density at radius 3 is 2.60 bits per heavy atom. The van der Waals surface area contributed by atoms with Crippen molar-refractivity contribution in [3.63, 3.8) is 0 Å². The molecule has 2 aromatic heterocycles. The van der Waals surface area contributed by atoms with E-state index in [1.165, 1.54) is 4.88 Å². The molecule has 80 valence electrons. The molecule has 0 fully saturated rings. The van der Waals surface area contributed by atoms with Gasteiger partial charge in [0.2, 0.25) is 0 Å². The highest BCUT2D eigenvalue weighted by Crippen LogP contribution is 2.21. The Labute approximate surface area is 97.2 Å². The monoisotopic (exact) mass is 239 g/mol. The molecule has 0 radical (unpaired) electrons. The van der Waals surface area contributed by atoms with Crippen LogP contribution < -0.4 is 5.32 Å². The molecule has 0 aliphatic heterocycles. The normalized spacial score (nSPS) is 10.6. The Bertz CT molecular complexity index is 439. The second-order valence-corrected chi connectivity index (χ2v) is 5.64. The third-order valence-corrected chi connectivity index (χ3v) is 3.97. The van der Waals surface area contributed by atoms with Gasteiger partial charge in [-0.3, -0.25) is 0 Å². The molecule has 2 aromatic rings. The number of rotatable bonds is 3. The quantitative estimate of drug-likeness (QED) is 0.894. The fourth-order valence-corrected chi connectivity index (χ4v) is 2.63. The van der Waals surface area contributed by atoms with E-state index in [-0.39, 0.29) is 0 Å². The number of nitrogens with zero attached hydrogens (tertiary/aromatic N) is 2. The summed E-state index contributed by atoms with van der Waals surface area (Å²) >= 11 is 3.37. The van der Waals surface area contributed by atoms with Crippen LogP contribution in [0, 0.1) is 20.8 Å². The van der Waals surface area contributed by atoms with E-state index in [9.17, 15) is 0 Å². The zero-order chi connectivity index (χ0) is 10.8. The highest BCUT2D eigenvalue weighted by Gasteiger charge is 2.03. The van der Waals surface area contributed by atoms with Crippen molar-refractivity contribution < 1.29 is 0 Å². The zero-order valence-corrected chi connectivity index (χ0v) is 10.6. The first kappa shape index (κ1) is 10.6.